The number of aromatic nitrogens is 2. The smallest absolute Gasteiger partial charge is 0.422 e. The fraction of sp³-hybridized carbons (Fsp3) is 0.222. The number of anilines is 1. The highest BCUT2D eigenvalue weighted by atomic mass is 19.4. The van der Waals surface area contributed by atoms with E-state index in [4.69, 9.17) is 5.73 Å². The van der Waals surface area contributed by atoms with Crippen molar-refractivity contribution in [2.45, 2.75) is 6.18 Å². The number of nitrogens with zero attached hydrogens (tertiary/aromatic N) is 1. The van der Waals surface area contributed by atoms with Crippen molar-refractivity contribution >= 4 is 16.7 Å². The van der Waals surface area contributed by atoms with E-state index in [-0.39, 0.29) is 6.01 Å². The van der Waals surface area contributed by atoms with Gasteiger partial charge in [-0.05, 0) is 18.2 Å². The first-order chi connectivity index (χ1) is 7.44. The average Bonchev–Trinajstić information content (AvgIpc) is 2.55. The van der Waals surface area contributed by atoms with Crippen LogP contribution in [0.2, 0.25) is 0 Å². The minimum absolute atomic E-state index is 0.169. The third-order valence-corrected chi connectivity index (χ3v) is 1.86. The molecule has 0 saturated carbocycles. The SMILES string of the molecule is Nc1ccc2nc(OCC(F)(F)F)[nH]c2c1. The molecule has 7 heteroatoms. The van der Waals surface area contributed by atoms with Gasteiger partial charge in [0.15, 0.2) is 6.61 Å². The van der Waals surface area contributed by atoms with Gasteiger partial charge in [0.2, 0.25) is 0 Å². The van der Waals surface area contributed by atoms with Gasteiger partial charge in [-0.2, -0.15) is 18.2 Å². The van der Waals surface area contributed by atoms with E-state index < -0.39 is 12.8 Å². The van der Waals surface area contributed by atoms with Gasteiger partial charge in [0.25, 0.3) is 6.01 Å². The third kappa shape index (κ3) is 2.36. The van der Waals surface area contributed by atoms with Crippen molar-refractivity contribution in [3.8, 4) is 6.01 Å². The summed E-state index contributed by atoms with van der Waals surface area (Å²) in [5.74, 6) is 0. The molecule has 3 N–H and O–H groups in total. The predicted molar refractivity (Wildman–Crippen MR) is 52.1 cm³/mol. The molecule has 1 aromatic heterocycles. The van der Waals surface area contributed by atoms with Gasteiger partial charge in [0.05, 0.1) is 11.0 Å². The molecule has 86 valence electrons. The highest BCUT2D eigenvalue weighted by Crippen LogP contribution is 2.20. The van der Waals surface area contributed by atoms with Crippen LogP contribution in [-0.4, -0.2) is 22.8 Å². The maximum Gasteiger partial charge on any atom is 0.422 e. The molecular formula is C9H8F3N3O. The zero-order chi connectivity index (χ0) is 11.8. The van der Waals surface area contributed by atoms with Gasteiger partial charge >= 0.3 is 6.18 Å². The first kappa shape index (κ1) is 10.6. The van der Waals surface area contributed by atoms with Crippen molar-refractivity contribution in [1.29, 1.82) is 0 Å². The Morgan fingerprint density at radius 1 is 1.38 bits per heavy atom. The lowest BCUT2D eigenvalue weighted by molar-refractivity contribution is -0.154. The van der Waals surface area contributed by atoms with Gasteiger partial charge in [0.1, 0.15) is 0 Å². The highest BCUT2D eigenvalue weighted by molar-refractivity contribution is 5.79. The van der Waals surface area contributed by atoms with E-state index in [0.717, 1.165) is 0 Å². The molecule has 4 nitrogen and oxygen atoms in total. The van der Waals surface area contributed by atoms with Crippen molar-refractivity contribution in [3.63, 3.8) is 0 Å². The topological polar surface area (TPSA) is 63.9 Å². The molecule has 1 aromatic carbocycles. The van der Waals surface area contributed by atoms with E-state index in [1.165, 1.54) is 0 Å². The number of alkyl halides is 3. The lowest BCUT2D eigenvalue weighted by atomic mass is 10.3. The van der Waals surface area contributed by atoms with Crippen LogP contribution in [0.15, 0.2) is 18.2 Å². The number of hydrogen-bond acceptors (Lipinski definition) is 3. The lowest BCUT2D eigenvalue weighted by Gasteiger charge is -2.05. The standard InChI is InChI=1S/C9H8F3N3O/c10-9(11,12)4-16-8-14-6-2-1-5(13)3-7(6)15-8/h1-3H,4,13H2,(H,14,15). The lowest BCUT2D eigenvalue weighted by Crippen LogP contribution is -2.19. The zero-order valence-electron chi connectivity index (χ0n) is 8.01. The molecule has 0 spiro atoms. The number of H-pyrrole nitrogens is 1. The molecule has 2 aromatic rings. The van der Waals surface area contributed by atoms with E-state index in [2.05, 4.69) is 14.7 Å². The number of halogens is 3. The summed E-state index contributed by atoms with van der Waals surface area (Å²) >= 11 is 0. The zero-order valence-corrected chi connectivity index (χ0v) is 8.01. The second-order valence-electron chi connectivity index (χ2n) is 3.22. The number of ether oxygens (including phenoxy) is 1. The Labute approximate surface area is 88.2 Å². The van der Waals surface area contributed by atoms with Crippen LogP contribution in [0.25, 0.3) is 11.0 Å². The van der Waals surface area contributed by atoms with E-state index in [1.807, 2.05) is 0 Å². The molecule has 16 heavy (non-hydrogen) atoms. The molecule has 0 radical (unpaired) electrons. The van der Waals surface area contributed by atoms with Crippen LogP contribution in [0.3, 0.4) is 0 Å². The van der Waals surface area contributed by atoms with Crippen molar-refractivity contribution in [1.82, 2.24) is 9.97 Å². The summed E-state index contributed by atoms with van der Waals surface area (Å²) in [6.45, 7) is -1.37. The normalized spacial score (nSPS) is 11.9. The van der Waals surface area contributed by atoms with E-state index >= 15 is 0 Å². The van der Waals surface area contributed by atoms with E-state index in [9.17, 15) is 13.2 Å². The average molecular weight is 231 g/mol. The van der Waals surface area contributed by atoms with E-state index in [0.29, 0.717) is 16.7 Å². The number of aromatic amines is 1. The number of rotatable bonds is 2. The maximum atomic E-state index is 11.9. The molecule has 0 aliphatic heterocycles. The molecule has 0 unspecified atom stereocenters. The Hall–Kier alpha value is -1.92. The van der Waals surface area contributed by atoms with Gasteiger partial charge in [-0.15, -0.1) is 0 Å². The summed E-state index contributed by atoms with van der Waals surface area (Å²) in [4.78, 5) is 6.42. The fourth-order valence-electron chi connectivity index (χ4n) is 1.22. The number of fused-ring (bicyclic) bond motifs is 1. The van der Waals surface area contributed by atoms with Gasteiger partial charge in [-0.25, -0.2) is 0 Å². The third-order valence-electron chi connectivity index (χ3n) is 1.86. The Balaban J connectivity index is 2.20. The van der Waals surface area contributed by atoms with Crippen LogP contribution in [-0.2, 0) is 0 Å². The number of nitrogen functional groups attached to an aromatic ring is 1. The molecule has 0 fully saturated rings. The largest absolute Gasteiger partial charge is 0.455 e. The first-order valence-corrected chi connectivity index (χ1v) is 4.39. The summed E-state index contributed by atoms with van der Waals surface area (Å²) < 4.78 is 40.1. The van der Waals surface area contributed by atoms with Crippen LogP contribution in [0.4, 0.5) is 18.9 Å². The molecule has 0 atom stereocenters. The first-order valence-electron chi connectivity index (χ1n) is 4.39. The molecule has 0 saturated heterocycles. The van der Waals surface area contributed by atoms with Crippen LogP contribution >= 0.6 is 0 Å². The van der Waals surface area contributed by atoms with Crippen LogP contribution in [0.5, 0.6) is 6.01 Å². The monoisotopic (exact) mass is 231 g/mol. The Kier molecular flexibility index (Phi) is 2.37. The molecule has 1 heterocycles. The molecule has 0 bridgehead atoms. The van der Waals surface area contributed by atoms with Gasteiger partial charge < -0.3 is 15.5 Å². The van der Waals surface area contributed by atoms with Gasteiger partial charge in [-0.1, -0.05) is 0 Å². The molecule has 0 aliphatic rings. The van der Waals surface area contributed by atoms with Crippen LogP contribution in [0.1, 0.15) is 0 Å². The number of nitrogens with one attached hydrogen (secondary N) is 1. The summed E-state index contributed by atoms with van der Waals surface area (Å²) in [6.07, 6.45) is -4.38. The quantitative estimate of drug-likeness (QED) is 0.778. The summed E-state index contributed by atoms with van der Waals surface area (Å²) in [6, 6.07) is 4.61. The molecule has 2 rings (SSSR count). The number of nitrogens with two attached hydrogens (primary N) is 1. The van der Waals surface area contributed by atoms with Crippen molar-refractivity contribution in [3.05, 3.63) is 18.2 Å². The predicted octanol–water partition coefficient (Wildman–Crippen LogP) is 2.09. The fourth-order valence-corrected chi connectivity index (χ4v) is 1.22. The number of hydrogen-bond donors (Lipinski definition) is 2. The van der Waals surface area contributed by atoms with Crippen molar-refractivity contribution < 1.29 is 17.9 Å². The van der Waals surface area contributed by atoms with Crippen molar-refractivity contribution in [2.24, 2.45) is 0 Å². The number of imidazole rings is 1. The second kappa shape index (κ2) is 3.58. The maximum absolute atomic E-state index is 11.9. The van der Waals surface area contributed by atoms with E-state index in [1.54, 1.807) is 18.2 Å². The van der Waals surface area contributed by atoms with Gasteiger partial charge in [0, 0.05) is 5.69 Å². The second-order valence-corrected chi connectivity index (χ2v) is 3.22. The van der Waals surface area contributed by atoms with Gasteiger partial charge in [-0.3, -0.25) is 0 Å². The van der Waals surface area contributed by atoms with Crippen molar-refractivity contribution in [2.75, 3.05) is 12.3 Å². The highest BCUT2D eigenvalue weighted by Gasteiger charge is 2.29. The summed E-state index contributed by atoms with van der Waals surface area (Å²) in [5, 5.41) is 0. The summed E-state index contributed by atoms with van der Waals surface area (Å²) in [5.41, 5.74) is 7.05. The number of benzene rings is 1. The molecular weight excluding hydrogens is 223 g/mol. The minimum Gasteiger partial charge on any atom is -0.455 e. The van der Waals surface area contributed by atoms with Crippen LogP contribution < -0.4 is 10.5 Å². The van der Waals surface area contributed by atoms with Crippen LogP contribution in [0, 0.1) is 0 Å². The minimum atomic E-state index is -4.38. The Morgan fingerprint density at radius 3 is 2.81 bits per heavy atom. The molecule has 0 aliphatic carbocycles. The Bertz CT molecular complexity index is 506. The summed E-state index contributed by atoms with van der Waals surface area (Å²) in [7, 11) is 0. The Morgan fingerprint density at radius 2 is 2.12 bits per heavy atom. The molecule has 0 amide bonds.